The fourth-order valence-corrected chi connectivity index (χ4v) is 4.08. The lowest BCUT2D eigenvalue weighted by Gasteiger charge is -2.46. The average Bonchev–Trinajstić information content (AvgIpc) is 2.67. The fraction of sp³-hybridized carbons (Fsp3) is 0.333. The number of carbonyl (C=O) groups is 2. The molecule has 0 radical (unpaired) electrons. The van der Waals surface area contributed by atoms with Crippen molar-refractivity contribution in [3.8, 4) is 0 Å². The lowest BCUT2D eigenvalue weighted by Crippen LogP contribution is -2.50. The van der Waals surface area contributed by atoms with Crippen LogP contribution in [0.15, 0.2) is 60.7 Å². The van der Waals surface area contributed by atoms with E-state index in [1.54, 1.807) is 4.90 Å². The lowest BCUT2D eigenvalue weighted by molar-refractivity contribution is -0.146. The Balaban J connectivity index is 2.14. The van der Waals surface area contributed by atoms with E-state index in [-0.39, 0.29) is 36.1 Å². The molecule has 26 heavy (non-hydrogen) atoms. The zero-order valence-corrected chi connectivity index (χ0v) is 16.0. The van der Waals surface area contributed by atoms with E-state index in [9.17, 15) is 9.59 Å². The van der Waals surface area contributed by atoms with Crippen molar-refractivity contribution in [2.45, 2.75) is 36.7 Å². The van der Waals surface area contributed by atoms with Crippen molar-refractivity contribution < 1.29 is 9.59 Å². The van der Waals surface area contributed by atoms with Gasteiger partial charge in [-0.1, -0.05) is 90.8 Å². The summed E-state index contributed by atoms with van der Waals surface area (Å²) in [6, 6.07) is 18.5. The fourth-order valence-electron chi connectivity index (χ4n) is 3.86. The number of halogens is 2. The molecule has 0 bridgehead atoms. The van der Waals surface area contributed by atoms with Crippen LogP contribution < -0.4 is 0 Å². The van der Waals surface area contributed by atoms with E-state index in [0.29, 0.717) is 6.42 Å². The Morgan fingerprint density at radius 3 is 2.08 bits per heavy atom. The van der Waals surface area contributed by atoms with Gasteiger partial charge in [0.05, 0.1) is 12.1 Å². The van der Waals surface area contributed by atoms with E-state index in [1.165, 1.54) is 0 Å². The number of piperidine rings is 1. The van der Waals surface area contributed by atoms with E-state index in [1.807, 2.05) is 67.6 Å². The van der Waals surface area contributed by atoms with Gasteiger partial charge in [0.1, 0.15) is 5.78 Å². The van der Waals surface area contributed by atoms with Crippen molar-refractivity contribution in [2.24, 2.45) is 5.92 Å². The van der Waals surface area contributed by atoms with E-state index in [0.717, 1.165) is 11.1 Å². The summed E-state index contributed by atoms with van der Waals surface area (Å²) < 4.78 is 0. The molecule has 1 aliphatic heterocycles. The molecule has 136 valence electrons. The quantitative estimate of drug-likeness (QED) is 0.681. The summed E-state index contributed by atoms with van der Waals surface area (Å²) in [5.74, 6) is -0.463. The number of nitrogens with zero attached hydrogens (tertiary/aromatic N) is 1. The molecule has 1 fully saturated rings. The van der Waals surface area contributed by atoms with Gasteiger partial charge in [-0.05, 0) is 17.5 Å². The molecular weight excluding hydrogens is 369 g/mol. The van der Waals surface area contributed by atoms with E-state index < -0.39 is 4.84 Å². The smallest absolute Gasteiger partial charge is 0.256 e. The van der Waals surface area contributed by atoms with Crippen LogP contribution in [0, 0.1) is 5.92 Å². The number of benzene rings is 2. The SMILES string of the molecule is CC[C@H]1C(=O)C[C@H](c2ccccc2)N(C(=O)C(Cl)Cl)[C@@H]1c1ccccc1. The number of likely N-dealkylation sites (tertiary alicyclic amines) is 1. The number of Topliss-reactive ketones (excluding diaryl/α,β-unsaturated/α-hetero) is 1. The van der Waals surface area contributed by atoms with Gasteiger partial charge in [0.25, 0.3) is 5.91 Å². The Morgan fingerprint density at radius 2 is 1.58 bits per heavy atom. The minimum atomic E-state index is -1.17. The summed E-state index contributed by atoms with van der Waals surface area (Å²) in [5.41, 5.74) is 1.84. The zero-order valence-electron chi connectivity index (χ0n) is 14.5. The van der Waals surface area contributed by atoms with Crippen LogP contribution in [0.2, 0.25) is 0 Å². The second kappa shape index (κ2) is 8.24. The van der Waals surface area contributed by atoms with Gasteiger partial charge in [-0.15, -0.1) is 0 Å². The Kier molecular flexibility index (Phi) is 6.00. The maximum Gasteiger partial charge on any atom is 0.256 e. The predicted octanol–water partition coefficient (Wildman–Crippen LogP) is 5.10. The highest BCUT2D eigenvalue weighted by molar-refractivity contribution is 6.53. The number of hydrogen-bond donors (Lipinski definition) is 0. The van der Waals surface area contributed by atoms with Gasteiger partial charge in [-0.3, -0.25) is 9.59 Å². The third-order valence-electron chi connectivity index (χ3n) is 5.03. The zero-order chi connectivity index (χ0) is 18.7. The second-order valence-electron chi connectivity index (χ2n) is 6.51. The van der Waals surface area contributed by atoms with Gasteiger partial charge in [0.15, 0.2) is 4.84 Å². The number of rotatable bonds is 4. The number of ketones is 1. The largest absolute Gasteiger partial charge is 0.325 e. The molecule has 1 heterocycles. The first-order valence-corrected chi connectivity index (χ1v) is 9.64. The highest BCUT2D eigenvalue weighted by atomic mass is 35.5. The van der Waals surface area contributed by atoms with Crippen molar-refractivity contribution in [2.75, 3.05) is 0 Å². The van der Waals surface area contributed by atoms with Crippen molar-refractivity contribution in [3.63, 3.8) is 0 Å². The molecule has 0 N–H and O–H groups in total. The van der Waals surface area contributed by atoms with Gasteiger partial charge in [0, 0.05) is 12.3 Å². The molecule has 0 aromatic heterocycles. The summed E-state index contributed by atoms with van der Waals surface area (Å²) in [6.45, 7) is 1.98. The van der Waals surface area contributed by atoms with Gasteiger partial charge in [0.2, 0.25) is 0 Å². The molecule has 0 spiro atoms. The Labute approximate surface area is 163 Å². The number of alkyl halides is 2. The minimum Gasteiger partial charge on any atom is -0.325 e. The third kappa shape index (κ3) is 3.65. The van der Waals surface area contributed by atoms with Crippen LogP contribution in [0.5, 0.6) is 0 Å². The van der Waals surface area contributed by atoms with Crippen molar-refractivity contribution >= 4 is 34.9 Å². The minimum absolute atomic E-state index is 0.167. The summed E-state index contributed by atoms with van der Waals surface area (Å²) >= 11 is 12.0. The maximum atomic E-state index is 13.0. The molecule has 3 nitrogen and oxygen atoms in total. The second-order valence-corrected chi connectivity index (χ2v) is 7.61. The molecule has 1 saturated heterocycles. The van der Waals surface area contributed by atoms with Gasteiger partial charge in [-0.2, -0.15) is 0 Å². The topological polar surface area (TPSA) is 37.4 Å². The van der Waals surface area contributed by atoms with Crippen LogP contribution in [0.1, 0.15) is 43.0 Å². The molecule has 1 aliphatic rings. The van der Waals surface area contributed by atoms with E-state index in [4.69, 9.17) is 23.2 Å². The van der Waals surface area contributed by atoms with Crippen molar-refractivity contribution in [3.05, 3.63) is 71.8 Å². The lowest BCUT2D eigenvalue weighted by atomic mass is 9.77. The molecule has 0 aliphatic carbocycles. The Hall–Kier alpha value is -1.84. The Morgan fingerprint density at radius 1 is 1.04 bits per heavy atom. The molecule has 0 saturated carbocycles. The molecule has 2 aromatic carbocycles. The number of amides is 1. The highest BCUT2D eigenvalue weighted by Crippen LogP contribution is 2.45. The highest BCUT2D eigenvalue weighted by Gasteiger charge is 2.46. The summed E-state index contributed by atoms with van der Waals surface area (Å²) in [7, 11) is 0. The van der Waals surface area contributed by atoms with Crippen LogP contribution in [-0.4, -0.2) is 21.4 Å². The Bertz CT molecular complexity index is 764. The van der Waals surface area contributed by atoms with Crippen LogP contribution >= 0.6 is 23.2 Å². The monoisotopic (exact) mass is 389 g/mol. The van der Waals surface area contributed by atoms with E-state index in [2.05, 4.69) is 0 Å². The molecular formula is C21H21Cl2NO2. The summed E-state index contributed by atoms with van der Waals surface area (Å²) in [5, 5.41) is 0. The molecule has 2 aromatic rings. The van der Waals surface area contributed by atoms with Gasteiger partial charge >= 0.3 is 0 Å². The molecule has 5 heteroatoms. The first kappa shape index (κ1) is 18.9. The van der Waals surface area contributed by atoms with Crippen LogP contribution in [0.3, 0.4) is 0 Å². The average molecular weight is 390 g/mol. The number of carbonyl (C=O) groups excluding carboxylic acids is 2. The van der Waals surface area contributed by atoms with Crippen molar-refractivity contribution in [1.82, 2.24) is 4.90 Å². The van der Waals surface area contributed by atoms with Crippen molar-refractivity contribution in [1.29, 1.82) is 0 Å². The normalized spacial score (nSPS) is 23.3. The van der Waals surface area contributed by atoms with Crippen LogP contribution in [0.4, 0.5) is 0 Å². The molecule has 3 rings (SSSR count). The maximum absolute atomic E-state index is 13.0. The standard InChI is InChI=1S/C21H21Cl2NO2/c1-2-16-18(25)13-17(14-9-5-3-6-10-14)24(21(26)20(22)23)19(16)15-11-7-4-8-12-15/h3-12,16-17,19-20H,2,13H2,1H3/t16-,17+,19+/m0/s1. The molecule has 1 amide bonds. The van der Waals surface area contributed by atoms with Crippen LogP contribution in [-0.2, 0) is 9.59 Å². The van der Waals surface area contributed by atoms with E-state index >= 15 is 0 Å². The number of hydrogen-bond acceptors (Lipinski definition) is 2. The predicted molar refractivity (Wildman–Crippen MR) is 104 cm³/mol. The first-order chi connectivity index (χ1) is 12.5. The molecule has 0 unspecified atom stereocenters. The summed E-state index contributed by atoms with van der Waals surface area (Å²) in [6.07, 6.45) is 0.928. The summed E-state index contributed by atoms with van der Waals surface area (Å²) in [4.78, 5) is 26.5. The van der Waals surface area contributed by atoms with Crippen LogP contribution in [0.25, 0.3) is 0 Å². The molecule has 3 atom stereocenters. The third-order valence-corrected chi connectivity index (χ3v) is 5.40. The first-order valence-electron chi connectivity index (χ1n) is 8.77. The van der Waals surface area contributed by atoms with Gasteiger partial charge < -0.3 is 4.90 Å². The van der Waals surface area contributed by atoms with Gasteiger partial charge in [-0.25, -0.2) is 0 Å².